The average Bonchev–Trinajstić information content (AvgIpc) is 2.55. The monoisotopic (exact) mass is 256 g/mol. The zero-order chi connectivity index (χ0) is 13.8. The standard InChI is InChI=1S/C13H24N2O3/c1-10(14-13(2,3)12(17)18)11(16)15-8-6-4-5-7-9-15/h10,14H,4-9H2,1-3H3,(H,17,18). The number of nitrogens with zero attached hydrogens (tertiary/aromatic N) is 1. The van der Waals surface area contributed by atoms with Crippen LogP contribution >= 0.6 is 0 Å². The van der Waals surface area contributed by atoms with E-state index in [4.69, 9.17) is 5.11 Å². The third-order valence-electron chi connectivity index (χ3n) is 3.40. The quantitative estimate of drug-likeness (QED) is 0.793. The van der Waals surface area contributed by atoms with E-state index in [0.717, 1.165) is 25.9 Å². The summed E-state index contributed by atoms with van der Waals surface area (Å²) in [7, 11) is 0. The lowest BCUT2D eigenvalue weighted by Gasteiger charge is -2.29. The normalized spacial score (nSPS) is 19.2. The third kappa shape index (κ3) is 3.98. The van der Waals surface area contributed by atoms with Crippen LogP contribution in [0.4, 0.5) is 0 Å². The summed E-state index contributed by atoms with van der Waals surface area (Å²) in [5.41, 5.74) is -1.08. The van der Waals surface area contributed by atoms with Gasteiger partial charge in [-0.2, -0.15) is 0 Å². The zero-order valence-electron chi connectivity index (χ0n) is 11.5. The predicted octanol–water partition coefficient (Wildman–Crippen LogP) is 1.23. The molecule has 1 aliphatic rings. The molecule has 0 radical (unpaired) electrons. The summed E-state index contributed by atoms with van der Waals surface area (Å²) < 4.78 is 0. The van der Waals surface area contributed by atoms with Crippen molar-refractivity contribution < 1.29 is 14.7 Å². The first-order valence-electron chi connectivity index (χ1n) is 6.64. The fraction of sp³-hybridized carbons (Fsp3) is 0.846. The maximum absolute atomic E-state index is 12.2. The summed E-state index contributed by atoms with van der Waals surface area (Å²) in [6.45, 7) is 6.46. The van der Waals surface area contributed by atoms with Crippen LogP contribution in [0.3, 0.4) is 0 Å². The number of aliphatic carboxylic acids is 1. The molecular formula is C13H24N2O3. The van der Waals surface area contributed by atoms with Crippen LogP contribution in [-0.2, 0) is 9.59 Å². The van der Waals surface area contributed by atoms with E-state index in [1.165, 1.54) is 12.8 Å². The predicted molar refractivity (Wildman–Crippen MR) is 69.4 cm³/mol. The van der Waals surface area contributed by atoms with Crippen molar-refractivity contribution in [2.75, 3.05) is 13.1 Å². The van der Waals surface area contributed by atoms with Crippen molar-refractivity contribution in [2.24, 2.45) is 0 Å². The van der Waals surface area contributed by atoms with Gasteiger partial charge >= 0.3 is 5.97 Å². The first-order chi connectivity index (χ1) is 8.34. The number of nitrogens with one attached hydrogen (secondary N) is 1. The number of hydrogen-bond donors (Lipinski definition) is 2. The molecule has 0 aliphatic carbocycles. The van der Waals surface area contributed by atoms with Gasteiger partial charge in [-0.25, -0.2) is 0 Å². The first kappa shape index (κ1) is 15.0. The molecular weight excluding hydrogens is 232 g/mol. The summed E-state index contributed by atoms with van der Waals surface area (Å²) in [6, 6.07) is -0.464. The van der Waals surface area contributed by atoms with Crippen molar-refractivity contribution in [2.45, 2.75) is 58.0 Å². The highest BCUT2D eigenvalue weighted by Gasteiger charge is 2.32. The Morgan fingerprint density at radius 3 is 2.11 bits per heavy atom. The lowest BCUT2D eigenvalue weighted by atomic mass is 10.0. The molecule has 18 heavy (non-hydrogen) atoms. The molecule has 1 heterocycles. The Morgan fingerprint density at radius 2 is 1.67 bits per heavy atom. The first-order valence-corrected chi connectivity index (χ1v) is 6.64. The van der Waals surface area contributed by atoms with Gasteiger partial charge in [0.1, 0.15) is 5.54 Å². The van der Waals surface area contributed by atoms with E-state index in [1.54, 1.807) is 20.8 Å². The van der Waals surface area contributed by atoms with Crippen molar-refractivity contribution in [1.29, 1.82) is 0 Å². The number of amides is 1. The van der Waals surface area contributed by atoms with Gasteiger partial charge in [0.05, 0.1) is 6.04 Å². The van der Waals surface area contributed by atoms with E-state index in [0.29, 0.717) is 0 Å². The van der Waals surface area contributed by atoms with Gasteiger partial charge in [0.25, 0.3) is 0 Å². The van der Waals surface area contributed by atoms with Crippen LogP contribution in [0.25, 0.3) is 0 Å². The number of carboxylic acids is 1. The molecule has 0 aromatic carbocycles. The number of hydrogen-bond acceptors (Lipinski definition) is 3. The van der Waals surface area contributed by atoms with Gasteiger partial charge in [0, 0.05) is 13.1 Å². The topological polar surface area (TPSA) is 69.6 Å². The molecule has 2 N–H and O–H groups in total. The Bertz CT molecular complexity index is 307. The fourth-order valence-corrected chi connectivity index (χ4v) is 2.23. The van der Waals surface area contributed by atoms with E-state index in [1.807, 2.05) is 4.90 Å². The molecule has 1 aliphatic heterocycles. The van der Waals surface area contributed by atoms with Crippen LogP contribution in [0.2, 0.25) is 0 Å². The van der Waals surface area contributed by atoms with E-state index in [2.05, 4.69) is 5.32 Å². The SMILES string of the molecule is CC(NC(C)(C)C(=O)O)C(=O)N1CCCCCC1. The average molecular weight is 256 g/mol. The van der Waals surface area contributed by atoms with Crippen molar-refractivity contribution in [3.05, 3.63) is 0 Å². The lowest BCUT2D eigenvalue weighted by molar-refractivity contribution is -0.144. The number of likely N-dealkylation sites (tertiary alicyclic amines) is 1. The summed E-state index contributed by atoms with van der Waals surface area (Å²) >= 11 is 0. The second-order valence-electron chi connectivity index (χ2n) is 5.54. The Labute approximate surface area is 109 Å². The van der Waals surface area contributed by atoms with E-state index in [9.17, 15) is 9.59 Å². The molecule has 0 aromatic rings. The molecule has 1 rings (SSSR count). The van der Waals surface area contributed by atoms with Crippen molar-refractivity contribution in [1.82, 2.24) is 10.2 Å². The van der Waals surface area contributed by atoms with Gasteiger partial charge in [-0.15, -0.1) is 0 Å². The zero-order valence-corrected chi connectivity index (χ0v) is 11.5. The highest BCUT2D eigenvalue weighted by atomic mass is 16.4. The summed E-state index contributed by atoms with van der Waals surface area (Å²) in [6.07, 6.45) is 4.43. The van der Waals surface area contributed by atoms with E-state index < -0.39 is 17.6 Å². The second-order valence-corrected chi connectivity index (χ2v) is 5.54. The maximum atomic E-state index is 12.2. The van der Waals surface area contributed by atoms with Gasteiger partial charge in [0.2, 0.25) is 5.91 Å². The van der Waals surface area contributed by atoms with Gasteiger partial charge in [-0.3, -0.25) is 14.9 Å². The molecule has 1 unspecified atom stereocenters. The number of carbonyl (C=O) groups is 2. The Morgan fingerprint density at radius 1 is 1.17 bits per heavy atom. The molecule has 0 bridgehead atoms. The number of rotatable bonds is 4. The van der Waals surface area contributed by atoms with E-state index >= 15 is 0 Å². The molecule has 5 heteroatoms. The largest absolute Gasteiger partial charge is 0.480 e. The van der Waals surface area contributed by atoms with Crippen LogP contribution in [0.1, 0.15) is 46.5 Å². The second kappa shape index (κ2) is 6.18. The molecule has 5 nitrogen and oxygen atoms in total. The van der Waals surface area contributed by atoms with Gasteiger partial charge in [-0.05, 0) is 33.6 Å². The summed E-state index contributed by atoms with van der Waals surface area (Å²) in [4.78, 5) is 25.1. The molecule has 1 fully saturated rings. The molecule has 0 saturated carbocycles. The van der Waals surface area contributed by atoms with Crippen LogP contribution in [0, 0.1) is 0 Å². The molecule has 104 valence electrons. The fourth-order valence-electron chi connectivity index (χ4n) is 2.23. The minimum Gasteiger partial charge on any atom is -0.480 e. The summed E-state index contributed by atoms with van der Waals surface area (Å²) in [5.74, 6) is -0.941. The minimum absolute atomic E-state index is 0.00576. The van der Waals surface area contributed by atoms with Crippen molar-refractivity contribution in [3.63, 3.8) is 0 Å². The van der Waals surface area contributed by atoms with Crippen molar-refractivity contribution in [3.8, 4) is 0 Å². The minimum atomic E-state index is -1.08. The Balaban J connectivity index is 2.57. The summed E-state index contributed by atoms with van der Waals surface area (Å²) in [5, 5.41) is 11.9. The molecule has 1 amide bonds. The molecule has 0 aromatic heterocycles. The Kier molecular flexibility index (Phi) is 5.14. The highest BCUT2D eigenvalue weighted by molar-refractivity contribution is 5.84. The number of carbonyl (C=O) groups excluding carboxylic acids is 1. The van der Waals surface area contributed by atoms with Gasteiger partial charge in [-0.1, -0.05) is 12.8 Å². The van der Waals surface area contributed by atoms with Gasteiger partial charge in [0.15, 0.2) is 0 Å². The third-order valence-corrected chi connectivity index (χ3v) is 3.40. The smallest absolute Gasteiger partial charge is 0.323 e. The molecule has 0 spiro atoms. The van der Waals surface area contributed by atoms with Crippen LogP contribution in [0.5, 0.6) is 0 Å². The van der Waals surface area contributed by atoms with Crippen LogP contribution in [-0.4, -0.2) is 46.6 Å². The highest BCUT2D eigenvalue weighted by Crippen LogP contribution is 2.12. The molecule has 1 atom stereocenters. The lowest BCUT2D eigenvalue weighted by Crippen LogP contribution is -2.56. The van der Waals surface area contributed by atoms with Gasteiger partial charge < -0.3 is 10.0 Å². The van der Waals surface area contributed by atoms with Crippen LogP contribution < -0.4 is 5.32 Å². The van der Waals surface area contributed by atoms with Crippen LogP contribution in [0.15, 0.2) is 0 Å². The van der Waals surface area contributed by atoms with Crippen molar-refractivity contribution >= 4 is 11.9 Å². The number of carboxylic acid groups (broad SMARTS) is 1. The maximum Gasteiger partial charge on any atom is 0.323 e. The Hall–Kier alpha value is -1.10. The van der Waals surface area contributed by atoms with E-state index in [-0.39, 0.29) is 5.91 Å². The molecule has 1 saturated heterocycles.